The molecule has 4 heteroatoms. The number of esters is 1. The van der Waals surface area contributed by atoms with Crippen LogP contribution in [0.4, 0.5) is 0 Å². The number of aryl methyl sites for hydroxylation is 1. The molecule has 0 saturated carbocycles. The van der Waals surface area contributed by atoms with E-state index in [1.165, 1.54) is 77.9 Å². The standard InChI is InChI=1S/C26H45NO3/c1-4-5-6-7-8-9-10-11-12-13-21-27(2)22-14-23-30-25-18-15-24(16-19-25)17-20-26(28)29-3/h15-16,18-19H,4-14,17,20-23H2,1-3H3. The second kappa shape index (κ2) is 18.2. The van der Waals surface area contributed by atoms with E-state index in [-0.39, 0.29) is 5.97 Å². The van der Waals surface area contributed by atoms with Crippen LogP contribution in [0, 0.1) is 0 Å². The van der Waals surface area contributed by atoms with E-state index in [0.717, 1.165) is 30.9 Å². The summed E-state index contributed by atoms with van der Waals surface area (Å²) in [6.07, 6.45) is 16.1. The van der Waals surface area contributed by atoms with Crippen LogP contribution in [0.25, 0.3) is 0 Å². The Morgan fingerprint density at radius 3 is 2.00 bits per heavy atom. The van der Waals surface area contributed by atoms with Gasteiger partial charge in [0.05, 0.1) is 13.7 Å². The van der Waals surface area contributed by atoms with Gasteiger partial charge in [-0.2, -0.15) is 0 Å². The van der Waals surface area contributed by atoms with Gasteiger partial charge in [-0.15, -0.1) is 0 Å². The van der Waals surface area contributed by atoms with E-state index in [2.05, 4.69) is 23.6 Å². The van der Waals surface area contributed by atoms with Crippen molar-refractivity contribution in [1.29, 1.82) is 0 Å². The summed E-state index contributed by atoms with van der Waals surface area (Å²) in [5.41, 5.74) is 1.13. The first kappa shape index (κ1) is 26.5. The van der Waals surface area contributed by atoms with Gasteiger partial charge in [-0.05, 0) is 50.6 Å². The third kappa shape index (κ3) is 14.4. The summed E-state index contributed by atoms with van der Waals surface area (Å²) in [5.74, 6) is 0.728. The van der Waals surface area contributed by atoms with Crippen LogP contribution in [0.2, 0.25) is 0 Å². The van der Waals surface area contributed by atoms with E-state index >= 15 is 0 Å². The molecule has 172 valence electrons. The molecule has 0 aliphatic heterocycles. The fourth-order valence-electron chi connectivity index (χ4n) is 3.61. The SMILES string of the molecule is CCCCCCCCCCCCN(C)CCCOc1ccc(CCC(=O)OC)cc1. The Balaban J connectivity index is 1.96. The van der Waals surface area contributed by atoms with Crippen molar-refractivity contribution >= 4 is 5.97 Å². The average Bonchev–Trinajstić information content (AvgIpc) is 2.77. The number of ether oxygens (including phenoxy) is 2. The fourth-order valence-corrected chi connectivity index (χ4v) is 3.61. The van der Waals surface area contributed by atoms with Crippen LogP contribution in [0.5, 0.6) is 5.75 Å². The van der Waals surface area contributed by atoms with Gasteiger partial charge in [-0.1, -0.05) is 76.8 Å². The van der Waals surface area contributed by atoms with Crippen molar-refractivity contribution in [2.75, 3.05) is 33.9 Å². The zero-order valence-corrected chi connectivity index (χ0v) is 19.8. The van der Waals surface area contributed by atoms with Gasteiger partial charge < -0.3 is 14.4 Å². The van der Waals surface area contributed by atoms with E-state index in [9.17, 15) is 4.79 Å². The predicted molar refractivity (Wildman–Crippen MR) is 126 cm³/mol. The monoisotopic (exact) mass is 419 g/mol. The quantitative estimate of drug-likeness (QED) is 0.192. The van der Waals surface area contributed by atoms with E-state index in [1.807, 2.05) is 24.3 Å². The maximum Gasteiger partial charge on any atom is 0.305 e. The molecule has 0 aliphatic rings. The van der Waals surface area contributed by atoms with Gasteiger partial charge in [0.25, 0.3) is 0 Å². The summed E-state index contributed by atoms with van der Waals surface area (Å²) in [6.45, 7) is 5.28. The van der Waals surface area contributed by atoms with Gasteiger partial charge in [0.1, 0.15) is 5.75 Å². The molecule has 0 atom stereocenters. The summed E-state index contributed by atoms with van der Waals surface area (Å²) in [7, 11) is 3.64. The Morgan fingerprint density at radius 2 is 1.40 bits per heavy atom. The van der Waals surface area contributed by atoms with Crippen molar-refractivity contribution in [3.8, 4) is 5.75 Å². The average molecular weight is 420 g/mol. The van der Waals surface area contributed by atoms with Crippen molar-refractivity contribution in [1.82, 2.24) is 4.90 Å². The fraction of sp³-hybridized carbons (Fsp3) is 0.731. The van der Waals surface area contributed by atoms with Gasteiger partial charge in [0.15, 0.2) is 0 Å². The van der Waals surface area contributed by atoms with Crippen molar-refractivity contribution in [2.45, 2.75) is 90.4 Å². The topological polar surface area (TPSA) is 38.8 Å². The highest BCUT2D eigenvalue weighted by atomic mass is 16.5. The van der Waals surface area contributed by atoms with Crippen LogP contribution >= 0.6 is 0 Å². The molecule has 0 aromatic heterocycles. The molecule has 0 unspecified atom stereocenters. The van der Waals surface area contributed by atoms with Crippen LogP contribution in [0.1, 0.15) is 89.5 Å². The summed E-state index contributed by atoms with van der Waals surface area (Å²) >= 11 is 0. The minimum absolute atomic E-state index is 0.169. The highest BCUT2D eigenvalue weighted by Gasteiger charge is 2.03. The first-order chi connectivity index (χ1) is 14.7. The van der Waals surface area contributed by atoms with Gasteiger partial charge in [-0.25, -0.2) is 0 Å². The van der Waals surface area contributed by atoms with Crippen LogP contribution in [0.3, 0.4) is 0 Å². The second-order valence-corrected chi connectivity index (χ2v) is 8.41. The summed E-state index contributed by atoms with van der Waals surface area (Å²) in [6, 6.07) is 8.02. The van der Waals surface area contributed by atoms with Crippen LogP contribution in [-0.2, 0) is 16.0 Å². The molecule has 0 bridgehead atoms. The number of unbranched alkanes of at least 4 members (excludes halogenated alkanes) is 9. The van der Waals surface area contributed by atoms with Crippen molar-refractivity contribution in [3.05, 3.63) is 29.8 Å². The van der Waals surface area contributed by atoms with Crippen LogP contribution < -0.4 is 4.74 Å². The summed E-state index contributed by atoms with van der Waals surface area (Å²) in [4.78, 5) is 13.6. The molecule has 0 spiro atoms. The van der Waals surface area contributed by atoms with E-state index in [0.29, 0.717) is 12.8 Å². The van der Waals surface area contributed by atoms with Gasteiger partial charge >= 0.3 is 5.97 Å². The number of rotatable bonds is 19. The number of carbonyl (C=O) groups excluding carboxylic acids is 1. The van der Waals surface area contributed by atoms with Crippen LogP contribution in [0.15, 0.2) is 24.3 Å². The van der Waals surface area contributed by atoms with E-state index in [4.69, 9.17) is 4.74 Å². The zero-order chi connectivity index (χ0) is 21.9. The summed E-state index contributed by atoms with van der Waals surface area (Å²) < 4.78 is 10.5. The van der Waals surface area contributed by atoms with E-state index in [1.54, 1.807) is 0 Å². The molecular formula is C26H45NO3. The molecule has 0 fully saturated rings. The Labute approximate surface area is 185 Å². The normalized spacial score (nSPS) is 11.1. The molecule has 0 aliphatic carbocycles. The largest absolute Gasteiger partial charge is 0.494 e. The highest BCUT2D eigenvalue weighted by Crippen LogP contribution is 2.14. The number of hydrogen-bond acceptors (Lipinski definition) is 4. The highest BCUT2D eigenvalue weighted by molar-refractivity contribution is 5.69. The van der Waals surface area contributed by atoms with Gasteiger partial charge in [-0.3, -0.25) is 4.79 Å². The Bertz CT molecular complexity index is 530. The maximum atomic E-state index is 11.2. The lowest BCUT2D eigenvalue weighted by atomic mass is 10.1. The Morgan fingerprint density at radius 1 is 0.833 bits per heavy atom. The molecule has 0 saturated heterocycles. The second-order valence-electron chi connectivity index (χ2n) is 8.41. The molecule has 0 radical (unpaired) electrons. The molecule has 4 nitrogen and oxygen atoms in total. The molecule has 1 rings (SSSR count). The number of nitrogens with zero attached hydrogens (tertiary/aromatic N) is 1. The minimum atomic E-state index is -0.169. The van der Waals surface area contributed by atoms with Crippen molar-refractivity contribution in [2.24, 2.45) is 0 Å². The Kier molecular flexibility index (Phi) is 16.1. The Hall–Kier alpha value is -1.55. The molecule has 0 heterocycles. The number of methoxy groups -OCH3 is 1. The van der Waals surface area contributed by atoms with Gasteiger partial charge in [0, 0.05) is 13.0 Å². The molecule has 0 amide bonds. The van der Waals surface area contributed by atoms with E-state index < -0.39 is 0 Å². The maximum absolute atomic E-state index is 11.2. The molecule has 0 N–H and O–H groups in total. The predicted octanol–water partition coefficient (Wildman–Crippen LogP) is 6.41. The smallest absolute Gasteiger partial charge is 0.305 e. The van der Waals surface area contributed by atoms with Gasteiger partial charge in [0.2, 0.25) is 0 Å². The first-order valence-electron chi connectivity index (χ1n) is 12.1. The van der Waals surface area contributed by atoms with Crippen molar-refractivity contribution in [3.63, 3.8) is 0 Å². The minimum Gasteiger partial charge on any atom is -0.494 e. The molecule has 30 heavy (non-hydrogen) atoms. The lowest BCUT2D eigenvalue weighted by Gasteiger charge is -2.16. The zero-order valence-electron chi connectivity index (χ0n) is 19.8. The molecular weight excluding hydrogens is 374 g/mol. The summed E-state index contributed by atoms with van der Waals surface area (Å²) in [5, 5.41) is 0. The lowest BCUT2D eigenvalue weighted by molar-refractivity contribution is -0.140. The van der Waals surface area contributed by atoms with Crippen LogP contribution in [-0.4, -0.2) is 44.7 Å². The third-order valence-electron chi connectivity index (χ3n) is 5.62. The lowest BCUT2D eigenvalue weighted by Crippen LogP contribution is -2.22. The molecule has 1 aromatic carbocycles. The number of benzene rings is 1. The molecule has 1 aromatic rings. The first-order valence-corrected chi connectivity index (χ1v) is 12.1. The number of hydrogen-bond donors (Lipinski definition) is 0. The number of carbonyl (C=O) groups is 1. The third-order valence-corrected chi connectivity index (χ3v) is 5.62. The van der Waals surface area contributed by atoms with Crippen molar-refractivity contribution < 1.29 is 14.3 Å².